The van der Waals surface area contributed by atoms with Crippen LogP contribution in [0.2, 0.25) is 0 Å². The van der Waals surface area contributed by atoms with Crippen LogP contribution < -0.4 is 0 Å². The Morgan fingerprint density at radius 1 is 0.393 bits per heavy atom. The Kier molecular flexibility index (Phi) is 46.4. The average Bonchev–Trinajstić information content (AvgIpc) is 3.20. The fourth-order valence-corrected chi connectivity index (χ4v) is 7.41. The lowest BCUT2D eigenvalue weighted by Gasteiger charge is -2.15. The van der Waals surface area contributed by atoms with E-state index in [-0.39, 0.29) is 25.2 Å². The van der Waals surface area contributed by atoms with Crippen LogP contribution in [0.15, 0.2) is 24.3 Å². The summed E-state index contributed by atoms with van der Waals surface area (Å²) in [4.78, 5) is 24.3. The van der Waals surface area contributed by atoms with E-state index in [2.05, 4.69) is 38.2 Å². The molecule has 0 bridgehead atoms. The predicted octanol–water partition coefficient (Wildman–Crippen LogP) is 16.2. The van der Waals surface area contributed by atoms with Crippen molar-refractivity contribution in [2.24, 2.45) is 0 Å². The summed E-state index contributed by atoms with van der Waals surface area (Å²) in [5, 5.41) is 9.58. The first-order valence-corrected chi connectivity index (χ1v) is 24.9. The van der Waals surface area contributed by atoms with Gasteiger partial charge in [-0.1, -0.05) is 224 Å². The Bertz CT molecular complexity index is 851. The van der Waals surface area contributed by atoms with Gasteiger partial charge in [-0.3, -0.25) is 9.59 Å². The van der Waals surface area contributed by atoms with Crippen molar-refractivity contribution in [3.63, 3.8) is 0 Å². The third-order valence-electron chi connectivity index (χ3n) is 11.2. The van der Waals surface area contributed by atoms with E-state index in [1.807, 2.05) is 0 Å². The first-order valence-electron chi connectivity index (χ1n) is 24.9. The number of ether oxygens (including phenoxy) is 2. The molecule has 0 saturated heterocycles. The summed E-state index contributed by atoms with van der Waals surface area (Å²) >= 11 is 0. The maximum atomic E-state index is 12.2. The molecule has 5 heteroatoms. The van der Waals surface area contributed by atoms with Gasteiger partial charge in [-0.05, 0) is 57.8 Å². The van der Waals surface area contributed by atoms with Crippen molar-refractivity contribution >= 4 is 11.9 Å². The fourth-order valence-electron chi connectivity index (χ4n) is 7.41. The minimum atomic E-state index is -0.770. The number of aliphatic hydroxyl groups is 1. The van der Waals surface area contributed by atoms with Crippen molar-refractivity contribution in [2.75, 3.05) is 13.2 Å². The summed E-state index contributed by atoms with van der Waals surface area (Å²) in [5.74, 6) is -0.591. The van der Waals surface area contributed by atoms with Crippen LogP contribution in [0.1, 0.15) is 271 Å². The SMILES string of the molecule is CCCC/C=C\CCCCCCCC(=O)OCC(CO)OC(=O)CCCCCCCCCCCCCCCCCCCCC/C=C\CCCCCCCCCC. The largest absolute Gasteiger partial charge is 0.462 e. The second-order valence-electron chi connectivity index (χ2n) is 16.9. The monoisotopic (exact) mass is 789 g/mol. The molecule has 0 heterocycles. The molecule has 56 heavy (non-hydrogen) atoms. The molecule has 0 aliphatic carbocycles. The van der Waals surface area contributed by atoms with Crippen molar-refractivity contribution in [3.05, 3.63) is 24.3 Å². The van der Waals surface area contributed by atoms with Crippen LogP contribution in [-0.2, 0) is 19.1 Å². The van der Waals surface area contributed by atoms with Gasteiger partial charge in [0.2, 0.25) is 0 Å². The molecule has 330 valence electrons. The van der Waals surface area contributed by atoms with Crippen LogP contribution in [0.5, 0.6) is 0 Å². The van der Waals surface area contributed by atoms with Crippen molar-refractivity contribution < 1.29 is 24.2 Å². The number of aliphatic hydroxyl groups excluding tert-OH is 1. The molecule has 0 rings (SSSR count). The Hall–Kier alpha value is -1.62. The molecule has 0 amide bonds. The van der Waals surface area contributed by atoms with Crippen LogP contribution in [0.4, 0.5) is 0 Å². The second-order valence-corrected chi connectivity index (χ2v) is 16.9. The first kappa shape index (κ1) is 54.4. The van der Waals surface area contributed by atoms with Gasteiger partial charge in [0.05, 0.1) is 6.61 Å². The van der Waals surface area contributed by atoms with E-state index in [1.54, 1.807) is 0 Å². The van der Waals surface area contributed by atoms with E-state index in [9.17, 15) is 14.7 Å². The summed E-state index contributed by atoms with van der Waals surface area (Å²) in [5.41, 5.74) is 0. The smallest absolute Gasteiger partial charge is 0.306 e. The van der Waals surface area contributed by atoms with Gasteiger partial charge in [0.25, 0.3) is 0 Å². The van der Waals surface area contributed by atoms with Gasteiger partial charge in [-0.25, -0.2) is 0 Å². The first-order chi connectivity index (χ1) is 27.6. The van der Waals surface area contributed by atoms with Gasteiger partial charge in [0, 0.05) is 12.8 Å². The zero-order chi connectivity index (χ0) is 40.7. The zero-order valence-electron chi connectivity index (χ0n) is 37.7. The van der Waals surface area contributed by atoms with Crippen molar-refractivity contribution in [1.82, 2.24) is 0 Å². The number of carbonyl (C=O) groups excluding carboxylic acids is 2. The molecular weight excluding hydrogens is 693 g/mol. The topological polar surface area (TPSA) is 72.8 Å². The zero-order valence-corrected chi connectivity index (χ0v) is 37.7. The van der Waals surface area contributed by atoms with Crippen LogP contribution in [0, 0.1) is 0 Å². The van der Waals surface area contributed by atoms with E-state index in [0.29, 0.717) is 12.8 Å². The molecule has 0 aliphatic rings. The molecular formula is C51H96O5. The minimum absolute atomic E-state index is 0.0658. The number of esters is 2. The van der Waals surface area contributed by atoms with Gasteiger partial charge in [-0.15, -0.1) is 0 Å². The van der Waals surface area contributed by atoms with Crippen molar-refractivity contribution in [3.8, 4) is 0 Å². The number of allylic oxidation sites excluding steroid dienone is 4. The molecule has 0 fully saturated rings. The van der Waals surface area contributed by atoms with Gasteiger partial charge in [0.15, 0.2) is 6.10 Å². The maximum Gasteiger partial charge on any atom is 0.306 e. The minimum Gasteiger partial charge on any atom is -0.462 e. The molecule has 1 unspecified atom stereocenters. The molecule has 0 radical (unpaired) electrons. The molecule has 0 aromatic carbocycles. The highest BCUT2D eigenvalue weighted by Gasteiger charge is 2.16. The molecule has 0 aromatic rings. The Morgan fingerprint density at radius 3 is 1.02 bits per heavy atom. The van der Waals surface area contributed by atoms with Crippen molar-refractivity contribution in [1.29, 1.82) is 0 Å². The molecule has 0 spiro atoms. The normalized spacial score (nSPS) is 12.3. The lowest BCUT2D eigenvalue weighted by molar-refractivity contribution is -0.161. The third kappa shape index (κ3) is 45.1. The standard InChI is InChI=1S/C51H96O5/c1-3-5-7-9-11-13-15-16-17-18-19-20-21-22-23-24-25-26-27-28-29-30-31-32-33-34-36-38-40-42-44-46-51(54)56-49(47-52)48-55-50(53)45-43-41-39-37-35-14-12-10-8-6-4-2/h10,12,18-19,49,52H,3-9,11,13-17,20-48H2,1-2H3/b12-10-,19-18-. The van der Waals surface area contributed by atoms with Crippen LogP contribution >= 0.6 is 0 Å². The Morgan fingerprint density at radius 2 is 0.679 bits per heavy atom. The van der Waals surface area contributed by atoms with E-state index in [0.717, 1.165) is 44.9 Å². The molecule has 0 saturated carbocycles. The second kappa shape index (κ2) is 47.8. The maximum absolute atomic E-state index is 12.2. The molecule has 0 aromatic heterocycles. The molecule has 0 aliphatic heterocycles. The predicted molar refractivity (Wildman–Crippen MR) is 242 cm³/mol. The number of rotatable bonds is 46. The fraction of sp³-hybridized carbons (Fsp3) is 0.882. The number of carbonyl (C=O) groups is 2. The number of unbranched alkanes of at least 4 members (excludes halogenated alkanes) is 34. The summed E-state index contributed by atoms with van der Waals surface area (Å²) in [7, 11) is 0. The molecule has 5 nitrogen and oxygen atoms in total. The van der Waals surface area contributed by atoms with Crippen molar-refractivity contribution in [2.45, 2.75) is 277 Å². The third-order valence-corrected chi connectivity index (χ3v) is 11.2. The Labute approximate surface area is 349 Å². The quantitative estimate of drug-likeness (QED) is 0.0378. The highest BCUT2D eigenvalue weighted by Crippen LogP contribution is 2.16. The average molecular weight is 789 g/mol. The summed E-state index contributed by atoms with van der Waals surface area (Å²) in [6.07, 6.45) is 58.6. The summed E-state index contributed by atoms with van der Waals surface area (Å²) in [6, 6.07) is 0. The van der Waals surface area contributed by atoms with Gasteiger partial charge >= 0.3 is 11.9 Å². The highest BCUT2D eigenvalue weighted by molar-refractivity contribution is 5.70. The van der Waals surface area contributed by atoms with E-state index < -0.39 is 6.10 Å². The number of hydrogen-bond donors (Lipinski definition) is 1. The lowest BCUT2D eigenvalue weighted by Crippen LogP contribution is -2.28. The van der Waals surface area contributed by atoms with Crippen LogP contribution in [0.25, 0.3) is 0 Å². The summed E-state index contributed by atoms with van der Waals surface area (Å²) in [6.45, 7) is 4.12. The van der Waals surface area contributed by atoms with Crippen LogP contribution in [0.3, 0.4) is 0 Å². The summed E-state index contributed by atoms with van der Waals surface area (Å²) < 4.78 is 10.6. The molecule has 1 atom stereocenters. The number of hydrogen-bond acceptors (Lipinski definition) is 5. The Balaban J connectivity index is 3.39. The van der Waals surface area contributed by atoms with Crippen LogP contribution in [-0.4, -0.2) is 36.4 Å². The lowest BCUT2D eigenvalue weighted by atomic mass is 10.0. The molecule has 1 N–H and O–H groups in total. The van der Waals surface area contributed by atoms with Gasteiger partial charge < -0.3 is 14.6 Å². The van der Waals surface area contributed by atoms with Gasteiger partial charge in [0.1, 0.15) is 6.61 Å². The highest BCUT2D eigenvalue weighted by atomic mass is 16.6. The van der Waals surface area contributed by atoms with E-state index in [1.165, 1.54) is 199 Å². The van der Waals surface area contributed by atoms with E-state index >= 15 is 0 Å². The van der Waals surface area contributed by atoms with E-state index in [4.69, 9.17) is 9.47 Å². The van der Waals surface area contributed by atoms with Gasteiger partial charge in [-0.2, -0.15) is 0 Å².